The van der Waals surface area contributed by atoms with Gasteiger partial charge in [0.25, 0.3) is 0 Å². The first-order valence-corrected chi connectivity index (χ1v) is 8.03. The van der Waals surface area contributed by atoms with Crippen LogP contribution in [0.1, 0.15) is 32.1 Å². The number of urea groups is 1. The van der Waals surface area contributed by atoms with Crippen molar-refractivity contribution < 1.29 is 14.7 Å². The smallest absolute Gasteiger partial charge is 0.326 e. The zero-order valence-corrected chi connectivity index (χ0v) is 13.8. The van der Waals surface area contributed by atoms with E-state index < -0.39 is 12.0 Å². The van der Waals surface area contributed by atoms with Crippen LogP contribution in [0.5, 0.6) is 0 Å². The van der Waals surface area contributed by atoms with Crippen molar-refractivity contribution >= 4 is 23.3 Å². The summed E-state index contributed by atoms with van der Waals surface area (Å²) in [5, 5.41) is 13.8. The number of nitrogens with one attached hydrogen (secondary N) is 1. The third-order valence-corrected chi connectivity index (χ3v) is 4.71. The van der Waals surface area contributed by atoms with Crippen molar-refractivity contribution in [1.29, 1.82) is 0 Å². The number of aliphatic carboxylic acids is 1. The Bertz CT molecular complexity index is 461. The fourth-order valence-corrected chi connectivity index (χ4v) is 2.80. The van der Waals surface area contributed by atoms with Crippen LogP contribution in [0, 0.1) is 5.92 Å². The summed E-state index contributed by atoms with van der Waals surface area (Å²) in [6, 6.07) is 2.84. The van der Waals surface area contributed by atoms with Crippen LogP contribution in [-0.2, 0) is 11.2 Å². The Morgan fingerprint density at radius 1 is 1.43 bits per heavy atom. The summed E-state index contributed by atoms with van der Waals surface area (Å²) in [6.45, 7) is 5.70. The zero-order chi connectivity index (χ0) is 16.0. The maximum atomic E-state index is 12.2. The highest BCUT2D eigenvalue weighted by Crippen LogP contribution is 2.14. The molecule has 0 saturated carbocycles. The van der Waals surface area contributed by atoms with Gasteiger partial charge in [-0.2, -0.15) is 0 Å². The molecule has 0 fully saturated rings. The van der Waals surface area contributed by atoms with Gasteiger partial charge in [0.2, 0.25) is 0 Å². The van der Waals surface area contributed by atoms with Crippen molar-refractivity contribution in [2.45, 2.75) is 45.7 Å². The molecular formula is C15H24N2O3S. The first kappa shape index (κ1) is 17.5. The molecular weight excluding hydrogens is 288 g/mol. The highest BCUT2D eigenvalue weighted by Gasteiger charge is 2.27. The first-order valence-electron chi connectivity index (χ1n) is 7.15. The lowest BCUT2D eigenvalue weighted by Gasteiger charge is -2.28. The standard InChI is InChI=1S/C15H24N2O3S/c1-5-10(2)13(14(18)19)16-15(20)17(4)11(3)9-12-7-6-8-21-12/h6-8,10-11,13H,5,9H2,1-4H3,(H,16,20)(H,18,19)/t10-,11?,13-/m0/s1. The fourth-order valence-electron chi connectivity index (χ4n) is 1.97. The Hall–Kier alpha value is -1.56. The number of rotatable bonds is 7. The topological polar surface area (TPSA) is 69.6 Å². The molecule has 1 unspecified atom stereocenters. The van der Waals surface area contributed by atoms with Crippen LogP contribution in [0.4, 0.5) is 4.79 Å². The van der Waals surface area contributed by atoms with Gasteiger partial charge >= 0.3 is 12.0 Å². The summed E-state index contributed by atoms with van der Waals surface area (Å²) < 4.78 is 0. The number of thiophene rings is 1. The van der Waals surface area contributed by atoms with Crippen molar-refractivity contribution in [1.82, 2.24) is 10.2 Å². The summed E-state index contributed by atoms with van der Waals surface area (Å²) in [4.78, 5) is 26.2. The minimum atomic E-state index is -0.989. The van der Waals surface area contributed by atoms with Crippen LogP contribution in [0.2, 0.25) is 0 Å². The van der Waals surface area contributed by atoms with Gasteiger partial charge in [0.1, 0.15) is 6.04 Å². The lowest BCUT2D eigenvalue weighted by Crippen LogP contribution is -2.51. The van der Waals surface area contributed by atoms with E-state index in [2.05, 4.69) is 5.32 Å². The molecule has 1 rings (SSSR count). The van der Waals surface area contributed by atoms with Gasteiger partial charge in [-0.15, -0.1) is 11.3 Å². The van der Waals surface area contributed by atoms with Gasteiger partial charge in [-0.05, 0) is 24.3 Å². The number of carboxylic acid groups (broad SMARTS) is 1. The summed E-state index contributed by atoms with van der Waals surface area (Å²) >= 11 is 1.66. The van der Waals surface area contributed by atoms with Gasteiger partial charge in [0.15, 0.2) is 0 Å². The molecule has 1 heterocycles. The van der Waals surface area contributed by atoms with Crippen molar-refractivity contribution in [3.8, 4) is 0 Å². The average molecular weight is 312 g/mol. The molecule has 6 heteroatoms. The van der Waals surface area contributed by atoms with Crippen molar-refractivity contribution in [3.63, 3.8) is 0 Å². The van der Waals surface area contributed by atoms with Gasteiger partial charge < -0.3 is 15.3 Å². The monoisotopic (exact) mass is 312 g/mol. The molecule has 0 spiro atoms. The van der Waals surface area contributed by atoms with Crippen LogP contribution in [0.3, 0.4) is 0 Å². The predicted octanol–water partition coefficient (Wildman–Crippen LogP) is 2.82. The van der Waals surface area contributed by atoms with E-state index in [0.717, 1.165) is 6.42 Å². The SMILES string of the molecule is CC[C@H](C)[C@H](NC(=O)N(C)C(C)Cc1cccs1)C(=O)O. The third-order valence-electron chi connectivity index (χ3n) is 3.82. The van der Waals surface area contributed by atoms with Gasteiger partial charge in [0.05, 0.1) is 0 Å². The molecule has 0 aliphatic heterocycles. The molecule has 0 saturated heterocycles. The number of hydrogen-bond donors (Lipinski definition) is 2. The molecule has 118 valence electrons. The van der Waals surface area contributed by atoms with Crippen LogP contribution in [0.15, 0.2) is 17.5 Å². The van der Waals surface area contributed by atoms with Crippen molar-refractivity contribution in [3.05, 3.63) is 22.4 Å². The van der Waals surface area contributed by atoms with Crippen molar-refractivity contribution in [2.75, 3.05) is 7.05 Å². The molecule has 0 bridgehead atoms. The first-order chi connectivity index (χ1) is 9.86. The second-order valence-corrected chi connectivity index (χ2v) is 6.43. The minimum absolute atomic E-state index is 0.00928. The summed E-state index contributed by atoms with van der Waals surface area (Å²) in [7, 11) is 1.70. The number of carbonyl (C=O) groups excluding carboxylic acids is 1. The predicted molar refractivity (Wildman–Crippen MR) is 84.7 cm³/mol. The number of carboxylic acids is 1. The van der Waals surface area contributed by atoms with E-state index in [4.69, 9.17) is 0 Å². The largest absolute Gasteiger partial charge is 0.480 e. The van der Waals surface area contributed by atoms with E-state index in [1.807, 2.05) is 38.3 Å². The molecule has 5 nitrogen and oxygen atoms in total. The van der Waals surface area contributed by atoms with Crippen LogP contribution in [-0.4, -0.2) is 41.1 Å². The Balaban J connectivity index is 2.61. The van der Waals surface area contributed by atoms with Gasteiger partial charge in [-0.3, -0.25) is 0 Å². The molecule has 3 atom stereocenters. The second kappa shape index (κ2) is 8.02. The molecule has 0 aromatic carbocycles. The summed E-state index contributed by atoms with van der Waals surface area (Å²) in [5.74, 6) is -1.09. The van der Waals surface area contributed by atoms with E-state index in [1.54, 1.807) is 23.3 Å². The fraction of sp³-hybridized carbons (Fsp3) is 0.600. The van der Waals surface area contributed by atoms with Gasteiger partial charge in [-0.1, -0.05) is 26.3 Å². The van der Waals surface area contributed by atoms with E-state index >= 15 is 0 Å². The maximum Gasteiger partial charge on any atom is 0.326 e. The van der Waals surface area contributed by atoms with Gasteiger partial charge in [-0.25, -0.2) is 9.59 Å². The third kappa shape index (κ3) is 5.04. The Morgan fingerprint density at radius 2 is 2.10 bits per heavy atom. The summed E-state index contributed by atoms with van der Waals surface area (Å²) in [6.07, 6.45) is 1.47. The zero-order valence-electron chi connectivity index (χ0n) is 13.0. The van der Waals surface area contributed by atoms with E-state index in [-0.39, 0.29) is 18.0 Å². The number of carbonyl (C=O) groups is 2. The average Bonchev–Trinajstić information content (AvgIpc) is 2.95. The molecule has 0 aliphatic carbocycles. The number of amides is 2. The van der Waals surface area contributed by atoms with E-state index in [0.29, 0.717) is 6.42 Å². The molecule has 21 heavy (non-hydrogen) atoms. The lowest BCUT2D eigenvalue weighted by molar-refractivity contribution is -0.140. The lowest BCUT2D eigenvalue weighted by atomic mass is 9.99. The van der Waals surface area contributed by atoms with Crippen molar-refractivity contribution in [2.24, 2.45) is 5.92 Å². The molecule has 2 amide bonds. The highest BCUT2D eigenvalue weighted by atomic mass is 32.1. The minimum Gasteiger partial charge on any atom is -0.480 e. The van der Waals surface area contributed by atoms with Gasteiger partial charge in [0, 0.05) is 24.4 Å². The molecule has 1 aromatic rings. The van der Waals surface area contributed by atoms with E-state index in [9.17, 15) is 14.7 Å². The van der Waals surface area contributed by atoms with Crippen LogP contribution >= 0.6 is 11.3 Å². The Labute approximate surface area is 130 Å². The maximum absolute atomic E-state index is 12.2. The number of likely N-dealkylation sites (N-methyl/N-ethyl adjacent to an activating group) is 1. The highest BCUT2D eigenvalue weighted by molar-refractivity contribution is 7.09. The van der Waals surface area contributed by atoms with E-state index in [1.165, 1.54) is 4.88 Å². The molecule has 0 radical (unpaired) electrons. The van der Waals surface area contributed by atoms with Crippen LogP contribution < -0.4 is 5.32 Å². The summed E-state index contributed by atoms with van der Waals surface area (Å²) in [5.41, 5.74) is 0. The normalized spacial score (nSPS) is 15.0. The number of hydrogen-bond acceptors (Lipinski definition) is 3. The number of nitrogens with zero attached hydrogens (tertiary/aromatic N) is 1. The second-order valence-electron chi connectivity index (χ2n) is 5.39. The Kier molecular flexibility index (Phi) is 6.68. The molecule has 1 aromatic heterocycles. The Morgan fingerprint density at radius 3 is 2.57 bits per heavy atom. The van der Waals surface area contributed by atoms with Crippen LogP contribution in [0.25, 0.3) is 0 Å². The quantitative estimate of drug-likeness (QED) is 0.813. The molecule has 0 aliphatic rings. The molecule has 2 N–H and O–H groups in total.